The van der Waals surface area contributed by atoms with E-state index >= 15 is 0 Å². The number of aliphatic imine (C=N–C) groups is 1. The van der Waals surface area contributed by atoms with E-state index in [2.05, 4.69) is 10.2 Å². The van der Waals surface area contributed by atoms with Crippen molar-refractivity contribution in [2.75, 3.05) is 54.5 Å². The summed E-state index contributed by atoms with van der Waals surface area (Å²) in [5.41, 5.74) is 1.80. The van der Waals surface area contributed by atoms with E-state index in [1.807, 2.05) is 62.5 Å². The van der Waals surface area contributed by atoms with E-state index in [9.17, 15) is 4.79 Å². The zero-order chi connectivity index (χ0) is 22.6. The van der Waals surface area contributed by atoms with Crippen molar-refractivity contribution in [1.82, 2.24) is 15.1 Å². The number of amides is 1. The number of carbonyl (C=O) groups excluding carboxylic acids is 1. The van der Waals surface area contributed by atoms with Crippen LogP contribution in [0.25, 0.3) is 0 Å². The smallest absolute Gasteiger partial charge is 0.253 e. The van der Waals surface area contributed by atoms with Crippen molar-refractivity contribution in [1.29, 1.82) is 0 Å². The minimum Gasteiger partial charge on any atom is -0.497 e. The summed E-state index contributed by atoms with van der Waals surface area (Å²) in [4.78, 5) is 20.5. The maximum absolute atomic E-state index is 12.2. The van der Waals surface area contributed by atoms with Gasteiger partial charge in [0.15, 0.2) is 5.96 Å². The van der Waals surface area contributed by atoms with E-state index in [4.69, 9.17) is 14.5 Å². The highest BCUT2D eigenvalue weighted by Gasteiger charge is 2.09. The van der Waals surface area contributed by atoms with Crippen LogP contribution in [0.4, 0.5) is 0 Å². The first-order valence-corrected chi connectivity index (χ1v) is 10.5. The van der Waals surface area contributed by atoms with Crippen molar-refractivity contribution < 1.29 is 14.3 Å². The number of benzene rings is 2. The molecule has 7 heteroatoms. The van der Waals surface area contributed by atoms with Crippen molar-refractivity contribution in [3.63, 3.8) is 0 Å². The van der Waals surface area contributed by atoms with Gasteiger partial charge >= 0.3 is 0 Å². The molecule has 0 spiro atoms. The van der Waals surface area contributed by atoms with E-state index in [0.29, 0.717) is 25.3 Å². The second kappa shape index (κ2) is 12.5. The molecule has 0 fully saturated rings. The molecule has 2 aromatic rings. The molecule has 0 radical (unpaired) electrons. The standard InChI is InChI=1S/C24H34N4O3/c1-6-25-24(28(4)16-17-31-22-12-10-21(30-5)11-13-22)26-15-14-19-8-7-9-20(18-19)23(29)27(2)3/h7-13,18H,6,14-17H2,1-5H3,(H,25,26). The number of nitrogens with one attached hydrogen (secondary N) is 1. The second-order valence-corrected chi connectivity index (χ2v) is 7.33. The van der Waals surface area contributed by atoms with E-state index in [1.165, 1.54) is 0 Å². The Labute approximate surface area is 185 Å². The lowest BCUT2D eigenvalue weighted by molar-refractivity contribution is 0.0827. The third kappa shape index (κ3) is 7.85. The number of methoxy groups -OCH3 is 1. The zero-order valence-corrected chi connectivity index (χ0v) is 19.2. The van der Waals surface area contributed by atoms with Crippen LogP contribution in [0.1, 0.15) is 22.8 Å². The molecule has 2 rings (SSSR count). The van der Waals surface area contributed by atoms with Gasteiger partial charge in [0.1, 0.15) is 18.1 Å². The average molecular weight is 427 g/mol. The van der Waals surface area contributed by atoms with Crippen LogP contribution >= 0.6 is 0 Å². The molecule has 1 amide bonds. The fourth-order valence-electron chi connectivity index (χ4n) is 2.96. The molecule has 0 saturated carbocycles. The summed E-state index contributed by atoms with van der Waals surface area (Å²) in [6.45, 7) is 4.71. The summed E-state index contributed by atoms with van der Waals surface area (Å²) >= 11 is 0. The van der Waals surface area contributed by atoms with Gasteiger partial charge in [0.05, 0.1) is 13.7 Å². The summed E-state index contributed by atoms with van der Waals surface area (Å²) in [7, 11) is 7.16. The number of guanidine groups is 1. The Kier molecular flexibility index (Phi) is 9.68. The fraction of sp³-hybridized carbons (Fsp3) is 0.417. The summed E-state index contributed by atoms with van der Waals surface area (Å²) in [5, 5.41) is 3.32. The Balaban J connectivity index is 1.88. The third-order valence-corrected chi connectivity index (χ3v) is 4.69. The quantitative estimate of drug-likeness (QED) is 0.467. The topological polar surface area (TPSA) is 66.4 Å². The molecule has 168 valence electrons. The maximum Gasteiger partial charge on any atom is 0.253 e. The van der Waals surface area contributed by atoms with Crippen molar-refractivity contribution in [3.05, 3.63) is 59.7 Å². The lowest BCUT2D eigenvalue weighted by Gasteiger charge is -2.22. The first-order chi connectivity index (χ1) is 14.9. The Morgan fingerprint density at radius 2 is 1.77 bits per heavy atom. The lowest BCUT2D eigenvalue weighted by Crippen LogP contribution is -2.41. The summed E-state index contributed by atoms with van der Waals surface area (Å²) in [6.07, 6.45) is 0.764. The SMILES string of the molecule is CCNC(=NCCc1cccc(C(=O)N(C)C)c1)N(C)CCOc1ccc(OC)cc1. The first kappa shape index (κ1) is 24.1. The highest BCUT2D eigenvalue weighted by Crippen LogP contribution is 2.16. The Morgan fingerprint density at radius 3 is 2.42 bits per heavy atom. The summed E-state index contributed by atoms with van der Waals surface area (Å²) in [6, 6.07) is 15.3. The van der Waals surface area contributed by atoms with Crippen LogP contribution in [0.15, 0.2) is 53.5 Å². The summed E-state index contributed by atoms with van der Waals surface area (Å²) in [5.74, 6) is 2.46. The van der Waals surface area contributed by atoms with Crippen LogP contribution < -0.4 is 14.8 Å². The van der Waals surface area contributed by atoms with Gasteiger partial charge in [0.2, 0.25) is 0 Å². The van der Waals surface area contributed by atoms with Crippen LogP contribution in [-0.4, -0.2) is 76.2 Å². The van der Waals surface area contributed by atoms with Crippen molar-refractivity contribution >= 4 is 11.9 Å². The van der Waals surface area contributed by atoms with Gasteiger partial charge < -0.3 is 24.6 Å². The normalized spacial score (nSPS) is 11.1. The largest absolute Gasteiger partial charge is 0.497 e. The molecule has 1 N–H and O–H groups in total. The van der Waals surface area contributed by atoms with Crippen molar-refractivity contribution in [3.8, 4) is 11.5 Å². The monoisotopic (exact) mass is 426 g/mol. The lowest BCUT2D eigenvalue weighted by atomic mass is 10.1. The molecule has 0 aliphatic rings. The highest BCUT2D eigenvalue weighted by molar-refractivity contribution is 5.94. The number of rotatable bonds is 10. The van der Waals surface area contributed by atoms with Gasteiger partial charge in [-0.3, -0.25) is 9.79 Å². The molecule has 0 aliphatic heterocycles. The predicted molar refractivity (Wildman–Crippen MR) is 125 cm³/mol. The molecule has 0 aliphatic carbocycles. The first-order valence-electron chi connectivity index (χ1n) is 10.5. The van der Waals surface area contributed by atoms with E-state index in [-0.39, 0.29) is 5.91 Å². The number of ether oxygens (including phenoxy) is 2. The number of hydrogen-bond acceptors (Lipinski definition) is 4. The Hall–Kier alpha value is -3.22. The minimum atomic E-state index is 0.00952. The van der Waals surface area contributed by atoms with E-state index in [1.54, 1.807) is 26.1 Å². The van der Waals surface area contributed by atoms with Crippen LogP contribution in [-0.2, 0) is 6.42 Å². The van der Waals surface area contributed by atoms with Gasteiger partial charge in [0.25, 0.3) is 5.91 Å². The average Bonchev–Trinajstić information content (AvgIpc) is 2.78. The van der Waals surface area contributed by atoms with Crippen LogP contribution in [0, 0.1) is 0 Å². The van der Waals surface area contributed by atoms with Crippen LogP contribution in [0.2, 0.25) is 0 Å². The molecule has 0 unspecified atom stereocenters. The molecular formula is C24H34N4O3. The zero-order valence-electron chi connectivity index (χ0n) is 19.2. The second-order valence-electron chi connectivity index (χ2n) is 7.33. The van der Waals surface area contributed by atoms with Gasteiger partial charge in [-0.15, -0.1) is 0 Å². The van der Waals surface area contributed by atoms with Crippen LogP contribution in [0.3, 0.4) is 0 Å². The summed E-state index contributed by atoms with van der Waals surface area (Å²) < 4.78 is 11.0. The fourth-order valence-corrected chi connectivity index (χ4v) is 2.96. The number of hydrogen-bond donors (Lipinski definition) is 1. The van der Waals surface area contributed by atoms with E-state index < -0.39 is 0 Å². The van der Waals surface area contributed by atoms with Crippen molar-refractivity contribution in [2.24, 2.45) is 4.99 Å². The Bertz CT molecular complexity index is 850. The predicted octanol–water partition coefficient (Wildman–Crippen LogP) is 2.92. The van der Waals surface area contributed by atoms with Gasteiger partial charge in [0, 0.05) is 39.8 Å². The highest BCUT2D eigenvalue weighted by atomic mass is 16.5. The molecule has 0 heterocycles. The molecule has 7 nitrogen and oxygen atoms in total. The third-order valence-electron chi connectivity index (χ3n) is 4.69. The van der Waals surface area contributed by atoms with Gasteiger partial charge in [-0.05, 0) is 55.3 Å². The molecular weight excluding hydrogens is 392 g/mol. The van der Waals surface area contributed by atoms with Crippen molar-refractivity contribution in [2.45, 2.75) is 13.3 Å². The van der Waals surface area contributed by atoms with E-state index in [0.717, 1.165) is 36.0 Å². The van der Waals surface area contributed by atoms with Gasteiger partial charge in [-0.2, -0.15) is 0 Å². The molecule has 2 aromatic carbocycles. The Morgan fingerprint density at radius 1 is 1.06 bits per heavy atom. The minimum absolute atomic E-state index is 0.00952. The number of likely N-dealkylation sites (N-methyl/N-ethyl adjacent to an activating group) is 1. The molecule has 0 aromatic heterocycles. The molecule has 31 heavy (non-hydrogen) atoms. The molecule has 0 saturated heterocycles. The maximum atomic E-state index is 12.2. The number of carbonyl (C=O) groups is 1. The van der Waals surface area contributed by atoms with Crippen LogP contribution in [0.5, 0.6) is 11.5 Å². The molecule has 0 atom stereocenters. The van der Waals surface area contributed by atoms with Gasteiger partial charge in [-0.1, -0.05) is 12.1 Å². The molecule has 0 bridgehead atoms. The number of nitrogens with zero attached hydrogens (tertiary/aromatic N) is 3. The van der Waals surface area contributed by atoms with Gasteiger partial charge in [-0.25, -0.2) is 0 Å².